The monoisotopic (exact) mass is 413 g/mol. The van der Waals surface area contributed by atoms with Crippen LogP contribution < -0.4 is 5.32 Å². The van der Waals surface area contributed by atoms with E-state index in [0.717, 1.165) is 0 Å². The third kappa shape index (κ3) is 3.80. The molecule has 3 N–H and O–H groups in total. The van der Waals surface area contributed by atoms with Gasteiger partial charge >= 0.3 is 5.97 Å². The highest BCUT2D eigenvalue weighted by Crippen LogP contribution is 2.33. The number of carboxylic acid groups (broad SMARTS) is 1. The van der Waals surface area contributed by atoms with Crippen molar-refractivity contribution >= 4 is 23.0 Å². The number of hydrogen-bond acceptors (Lipinski definition) is 6. The number of rotatable bonds is 4. The summed E-state index contributed by atoms with van der Waals surface area (Å²) < 4.78 is 5.55. The maximum Gasteiger partial charge on any atom is 0.322 e. The average Bonchev–Trinajstić information content (AvgIpc) is 3.22. The van der Waals surface area contributed by atoms with E-state index in [-0.39, 0.29) is 22.7 Å². The number of oxazole rings is 1. The molecule has 0 atom stereocenters. The number of hydrogen-bond donors (Lipinski definition) is 3. The van der Waals surface area contributed by atoms with Crippen molar-refractivity contribution in [2.75, 3.05) is 6.54 Å². The Hall–Kier alpha value is -4.64. The molecule has 0 fully saturated rings. The summed E-state index contributed by atoms with van der Waals surface area (Å²) in [4.78, 5) is 30.7. The summed E-state index contributed by atoms with van der Waals surface area (Å²) in [5.41, 5.74) is 3.11. The number of nitrogens with zero attached hydrogens (tertiary/aromatic N) is 2. The fourth-order valence-electron chi connectivity index (χ4n) is 2.83. The Kier molecular flexibility index (Phi) is 5.08. The molecule has 0 aliphatic heterocycles. The van der Waals surface area contributed by atoms with E-state index in [1.54, 1.807) is 24.3 Å². The molecule has 8 nitrogen and oxygen atoms in total. The van der Waals surface area contributed by atoms with Crippen LogP contribution >= 0.6 is 0 Å². The Morgan fingerprint density at radius 3 is 2.16 bits per heavy atom. The van der Waals surface area contributed by atoms with Crippen molar-refractivity contribution in [3.05, 3.63) is 66.0 Å². The van der Waals surface area contributed by atoms with Crippen molar-refractivity contribution in [2.45, 2.75) is 0 Å². The van der Waals surface area contributed by atoms with Crippen molar-refractivity contribution in [3.63, 3.8) is 0 Å². The van der Waals surface area contributed by atoms with Gasteiger partial charge in [-0.25, -0.2) is 9.97 Å². The molecule has 0 spiro atoms. The van der Waals surface area contributed by atoms with Gasteiger partial charge in [-0.15, -0.1) is 6.42 Å². The van der Waals surface area contributed by atoms with Crippen LogP contribution in [0.2, 0.25) is 0 Å². The van der Waals surface area contributed by atoms with Gasteiger partial charge in [-0.05, 0) is 29.2 Å². The predicted molar refractivity (Wildman–Crippen MR) is 112 cm³/mol. The van der Waals surface area contributed by atoms with Gasteiger partial charge < -0.3 is 19.9 Å². The van der Waals surface area contributed by atoms with Crippen LogP contribution in [0.3, 0.4) is 0 Å². The molecule has 0 unspecified atom stereocenters. The van der Waals surface area contributed by atoms with Crippen LogP contribution in [0.4, 0.5) is 0 Å². The molecule has 8 heteroatoms. The number of nitrogens with one attached hydrogen (secondary N) is 1. The summed E-state index contributed by atoms with van der Waals surface area (Å²) in [6.45, 7) is -0.630. The quantitative estimate of drug-likeness (QED) is 0.387. The van der Waals surface area contributed by atoms with E-state index in [1.165, 1.54) is 11.1 Å². The molecule has 0 saturated heterocycles. The van der Waals surface area contributed by atoms with Crippen LogP contribution in [-0.2, 0) is 4.79 Å². The number of pyridine rings is 1. The topological polar surface area (TPSA) is 126 Å². The molecular formula is C23H15N3O5. The molecule has 2 aromatic heterocycles. The van der Waals surface area contributed by atoms with Gasteiger partial charge in [-0.1, -0.05) is 42.5 Å². The number of carboxylic acids is 1. The molecule has 1 amide bonds. The van der Waals surface area contributed by atoms with Gasteiger partial charge in [0, 0.05) is 5.56 Å². The van der Waals surface area contributed by atoms with Crippen LogP contribution in [0.15, 0.2) is 59.0 Å². The highest BCUT2D eigenvalue weighted by molar-refractivity contribution is 6.01. The molecule has 1 aromatic carbocycles. The Morgan fingerprint density at radius 1 is 1.00 bits per heavy atom. The second kappa shape index (κ2) is 8.00. The Bertz CT molecular complexity index is 1310. The van der Waals surface area contributed by atoms with Gasteiger partial charge in [0.05, 0.1) is 0 Å². The van der Waals surface area contributed by atoms with Crippen LogP contribution in [0, 0.1) is 12.3 Å². The summed E-state index contributed by atoms with van der Waals surface area (Å²) in [6, 6.07) is 17.4. The van der Waals surface area contributed by atoms with Gasteiger partial charge in [0.1, 0.15) is 17.8 Å². The van der Waals surface area contributed by atoms with Crippen LogP contribution in [0.5, 0.6) is 5.75 Å². The second-order valence-electron chi connectivity index (χ2n) is 6.52. The fourth-order valence-corrected chi connectivity index (χ4v) is 2.83. The lowest BCUT2D eigenvalue weighted by atomic mass is 9.95. The number of benzene rings is 2. The lowest BCUT2D eigenvalue weighted by Crippen LogP contribution is -2.30. The van der Waals surface area contributed by atoms with E-state index in [4.69, 9.17) is 15.9 Å². The molecule has 5 rings (SSSR count). The summed E-state index contributed by atoms with van der Waals surface area (Å²) >= 11 is 0. The van der Waals surface area contributed by atoms with E-state index < -0.39 is 29.9 Å². The van der Waals surface area contributed by atoms with Crippen molar-refractivity contribution in [3.8, 4) is 40.7 Å². The molecule has 31 heavy (non-hydrogen) atoms. The Morgan fingerprint density at radius 2 is 1.65 bits per heavy atom. The number of carbonyl (C=O) groups is 2. The van der Waals surface area contributed by atoms with E-state index in [2.05, 4.69) is 45.5 Å². The van der Waals surface area contributed by atoms with E-state index in [9.17, 15) is 14.7 Å². The summed E-state index contributed by atoms with van der Waals surface area (Å²) in [5.74, 6) is -0.212. The van der Waals surface area contributed by atoms with Crippen molar-refractivity contribution in [2.24, 2.45) is 0 Å². The minimum absolute atomic E-state index is 0.000735. The second-order valence-corrected chi connectivity index (χ2v) is 6.52. The van der Waals surface area contributed by atoms with E-state index >= 15 is 0 Å². The average molecular weight is 413 g/mol. The molecule has 2 aliphatic rings. The van der Waals surface area contributed by atoms with Crippen LogP contribution in [0.1, 0.15) is 16.2 Å². The Balaban J connectivity index is 0.000000325. The molecule has 0 saturated carbocycles. The molecule has 0 bridgehead atoms. The molecule has 3 aromatic rings. The highest BCUT2D eigenvalue weighted by Gasteiger charge is 2.23. The van der Waals surface area contributed by atoms with Gasteiger partial charge in [0.25, 0.3) is 5.91 Å². The smallest absolute Gasteiger partial charge is 0.322 e. The SMILES string of the molecule is C#Cc1nc(C(=O)NCC(=O)O)c(O)c2oc(-c3ccccc3)nc12.c1cc2ccc1-2. The zero-order chi connectivity index (χ0) is 22.0. The number of aromatic nitrogens is 2. The molecule has 152 valence electrons. The number of terminal acetylenes is 1. The standard InChI is InChI=1S/C17H11N3O5.C6H4/c1-2-10-12-15(25-17(20-12)9-6-4-3-5-7-9)14(23)13(19-10)16(24)18-8-11(21)22;1-2-6-4-3-5(1)6/h1,3-7,23H,8H2,(H,18,24)(H,21,22);1-4H. The van der Waals surface area contributed by atoms with Crippen molar-refractivity contribution in [1.82, 2.24) is 15.3 Å². The number of aliphatic carboxylic acids is 1. The number of carbonyl (C=O) groups excluding carboxylic acids is 1. The first-order chi connectivity index (χ1) is 15.0. The molecule has 2 aliphatic carbocycles. The Labute approximate surface area is 176 Å². The first-order valence-corrected chi connectivity index (χ1v) is 9.14. The largest absolute Gasteiger partial charge is 0.503 e. The lowest BCUT2D eigenvalue weighted by Gasteiger charge is -2.10. The first-order valence-electron chi connectivity index (χ1n) is 9.14. The molecule has 0 radical (unpaired) electrons. The van der Waals surface area contributed by atoms with Crippen LogP contribution in [0.25, 0.3) is 33.7 Å². The van der Waals surface area contributed by atoms with Crippen molar-refractivity contribution in [1.29, 1.82) is 0 Å². The number of fused-ring (bicyclic) bond motifs is 2. The minimum atomic E-state index is -1.24. The van der Waals surface area contributed by atoms with Crippen molar-refractivity contribution < 1.29 is 24.2 Å². The van der Waals surface area contributed by atoms with Gasteiger partial charge in [0.15, 0.2) is 11.4 Å². The maximum absolute atomic E-state index is 12.0. The fraction of sp³-hybridized carbons (Fsp3) is 0.0435. The summed E-state index contributed by atoms with van der Waals surface area (Å²) in [6.07, 6.45) is 5.40. The minimum Gasteiger partial charge on any atom is -0.503 e. The number of aromatic hydroxyl groups is 1. The van der Waals surface area contributed by atoms with Crippen LogP contribution in [-0.4, -0.2) is 38.6 Å². The van der Waals surface area contributed by atoms with Gasteiger partial charge in [-0.2, -0.15) is 0 Å². The summed E-state index contributed by atoms with van der Waals surface area (Å²) in [5, 5.41) is 21.0. The lowest BCUT2D eigenvalue weighted by molar-refractivity contribution is -0.135. The zero-order valence-corrected chi connectivity index (χ0v) is 16.0. The predicted octanol–water partition coefficient (Wildman–Crippen LogP) is 3.06. The normalized spacial score (nSPS) is 10.5. The first kappa shape index (κ1) is 19.7. The van der Waals surface area contributed by atoms with Gasteiger partial charge in [-0.3, -0.25) is 9.59 Å². The third-order valence-corrected chi connectivity index (χ3v) is 4.51. The zero-order valence-electron chi connectivity index (χ0n) is 16.0. The third-order valence-electron chi connectivity index (χ3n) is 4.51. The molecular weight excluding hydrogens is 398 g/mol. The van der Waals surface area contributed by atoms with Gasteiger partial charge in [0.2, 0.25) is 11.5 Å². The maximum atomic E-state index is 12.0. The molecule has 2 heterocycles. The highest BCUT2D eigenvalue weighted by atomic mass is 16.4. The van der Waals surface area contributed by atoms with E-state index in [1.807, 2.05) is 6.07 Å². The summed E-state index contributed by atoms with van der Waals surface area (Å²) in [7, 11) is 0. The van der Waals surface area contributed by atoms with E-state index in [0.29, 0.717) is 5.56 Å². The number of amides is 1.